The second-order valence-electron chi connectivity index (χ2n) is 5.16. The summed E-state index contributed by atoms with van der Waals surface area (Å²) in [6.07, 6.45) is 2.65. The van der Waals surface area contributed by atoms with Gasteiger partial charge in [0, 0.05) is 36.1 Å². The third-order valence-electron chi connectivity index (χ3n) is 3.44. The summed E-state index contributed by atoms with van der Waals surface area (Å²) in [5, 5.41) is 0. The van der Waals surface area contributed by atoms with Gasteiger partial charge in [-0.15, -0.1) is 0 Å². The van der Waals surface area contributed by atoms with Gasteiger partial charge in [0.2, 0.25) is 11.7 Å². The minimum absolute atomic E-state index is 0.131. The molecule has 0 amide bonds. The molecule has 1 heterocycles. The first-order valence-electron chi connectivity index (χ1n) is 7.57. The highest BCUT2D eigenvalue weighted by Crippen LogP contribution is 2.39. The van der Waals surface area contributed by atoms with Crippen LogP contribution in [0.3, 0.4) is 0 Å². The Morgan fingerprint density at radius 2 is 1.84 bits per heavy atom. The summed E-state index contributed by atoms with van der Waals surface area (Å²) in [5.41, 5.74) is 13.0. The minimum Gasteiger partial charge on any atom is -0.493 e. The van der Waals surface area contributed by atoms with Gasteiger partial charge < -0.3 is 25.7 Å². The highest BCUT2D eigenvalue weighted by molar-refractivity contribution is 7.94. The first-order valence-corrected chi connectivity index (χ1v) is 8.45. The van der Waals surface area contributed by atoms with Crippen LogP contribution in [0.2, 0.25) is 0 Å². The molecule has 0 saturated heterocycles. The number of methoxy groups -OCH3 is 2. The van der Waals surface area contributed by atoms with E-state index in [1.165, 1.54) is 0 Å². The third kappa shape index (κ3) is 5.02. The minimum atomic E-state index is 0.131. The molecule has 0 aliphatic rings. The quantitative estimate of drug-likeness (QED) is 0.651. The SMILES string of the molecule is COc1cc(Cc2cnc(N)nc2N)cc(OC)c1OCCCSF. The van der Waals surface area contributed by atoms with E-state index in [-0.39, 0.29) is 18.1 Å². The average molecular weight is 368 g/mol. The fourth-order valence-corrected chi connectivity index (χ4v) is 2.48. The zero-order valence-corrected chi connectivity index (χ0v) is 14.9. The van der Waals surface area contributed by atoms with E-state index in [1.807, 2.05) is 12.1 Å². The van der Waals surface area contributed by atoms with Gasteiger partial charge in [-0.05, 0) is 24.1 Å². The fraction of sp³-hybridized carbons (Fsp3) is 0.375. The number of halogens is 1. The van der Waals surface area contributed by atoms with E-state index in [0.29, 0.717) is 48.3 Å². The Morgan fingerprint density at radius 3 is 2.40 bits per heavy atom. The number of nitrogens with two attached hydrogens (primary N) is 2. The molecule has 0 atom stereocenters. The number of nitrogen functional groups attached to an aromatic ring is 2. The van der Waals surface area contributed by atoms with Crippen LogP contribution in [0.4, 0.5) is 15.7 Å². The molecule has 136 valence electrons. The van der Waals surface area contributed by atoms with E-state index in [2.05, 4.69) is 9.97 Å². The normalized spacial score (nSPS) is 10.5. The Balaban J connectivity index is 2.25. The number of rotatable bonds is 9. The maximum atomic E-state index is 12.1. The predicted molar refractivity (Wildman–Crippen MR) is 96.9 cm³/mol. The van der Waals surface area contributed by atoms with Crippen molar-refractivity contribution in [3.8, 4) is 17.2 Å². The number of aromatic nitrogens is 2. The van der Waals surface area contributed by atoms with Gasteiger partial charge in [-0.2, -0.15) is 8.87 Å². The molecule has 0 aliphatic carbocycles. The largest absolute Gasteiger partial charge is 0.493 e. The maximum Gasteiger partial charge on any atom is 0.221 e. The van der Waals surface area contributed by atoms with Crippen LogP contribution in [-0.4, -0.2) is 36.5 Å². The van der Waals surface area contributed by atoms with Crippen LogP contribution < -0.4 is 25.7 Å². The second kappa shape index (κ2) is 9.16. The van der Waals surface area contributed by atoms with Crippen molar-refractivity contribution in [1.82, 2.24) is 9.97 Å². The molecule has 2 rings (SSSR count). The first kappa shape index (κ1) is 18.9. The fourth-order valence-electron chi connectivity index (χ4n) is 2.26. The number of benzene rings is 1. The molecule has 25 heavy (non-hydrogen) atoms. The van der Waals surface area contributed by atoms with E-state index in [0.717, 1.165) is 11.1 Å². The summed E-state index contributed by atoms with van der Waals surface area (Å²) in [7, 11) is 3.09. The molecule has 0 saturated carbocycles. The Kier molecular flexibility index (Phi) is 6.93. The highest BCUT2D eigenvalue weighted by Gasteiger charge is 2.15. The average Bonchev–Trinajstić information content (AvgIpc) is 2.61. The lowest BCUT2D eigenvalue weighted by molar-refractivity contribution is 0.275. The van der Waals surface area contributed by atoms with Crippen molar-refractivity contribution in [3.05, 3.63) is 29.5 Å². The van der Waals surface area contributed by atoms with Crippen LogP contribution >= 0.6 is 12.1 Å². The van der Waals surface area contributed by atoms with Crippen molar-refractivity contribution < 1.29 is 18.1 Å². The summed E-state index contributed by atoms with van der Waals surface area (Å²) < 4.78 is 28.6. The number of ether oxygens (including phenoxy) is 3. The second-order valence-corrected chi connectivity index (χ2v) is 5.79. The van der Waals surface area contributed by atoms with E-state index in [1.54, 1.807) is 20.4 Å². The molecule has 7 nitrogen and oxygen atoms in total. The van der Waals surface area contributed by atoms with Gasteiger partial charge >= 0.3 is 0 Å². The van der Waals surface area contributed by atoms with Crippen LogP contribution in [0.5, 0.6) is 17.2 Å². The molecule has 0 bridgehead atoms. The van der Waals surface area contributed by atoms with Gasteiger partial charge in [0.05, 0.1) is 20.8 Å². The molecule has 1 aromatic heterocycles. The third-order valence-corrected chi connectivity index (χ3v) is 3.89. The van der Waals surface area contributed by atoms with E-state index < -0.39 is 0 Å². The summed E-state index contributed by atoms with van der Waals surface area (Å²) in [5.74, 6) is 2.37. The zero-order chi connectivity index (χ0) is 18.2. The van der Waals surface area contributed by atoms with E-state index in [9.17, 15) is 3.89 Å². The Bertz CT molecular complexity index is 693. The van der Waals surface area contributed by atoms with Crippen LogP contribution in [0.25, 0.3) is 0 Å². The first-order chi connectivity index (χ1) is 12.1. The Morgan fingerprint density at radius 1 is 1.16 bits per heavy atom. The molecule has 0 radical (unpaired) electrons. The smallest absolute Gasteiger partial charge is 0.221 e. The van der Waals surface area contributed by atoms with Crippen molar-refractivity contribution in [2.24, 2.45) is 0 Å². The molecule has 0 spiro atoms. The molecule has 0 aliphatic heterocycles. The lowest BCUT2D eigenvalue weighted by Gasteiger charge is -2.16. The van der Waals surface area contributed by atoms with E-state index >= 15 is 0 Å². The van der Waals surface area contributed by atoms with Crippen molar-refractivity contribution in [3.63, 3.8) is 0 Å². The Labute approximate surface area is 150 Å². The van der Waals surface area contributed by atoms with Gasteiger partial charge in [0.1, 0.15) is 5.82 Å². The molecule has 0 unspecified atom stereocenters. The van der Waals surface area contributed by atoms with Crippen LogP contribution in [-0.2, 0) is 6.42 Å². The molecular weight excluding hydrogens is 347 g/mol. The number of hydrogen-bond acceptors (Lipinski definition) is 8. The summed E-state index contributed by atoms with van der Waals surface area (Å²) in [6, 6.07) is 3.66. The van der Waals surface area contributed by atoms with Gasteiger partial charge in [0.15, 0.2) is 11.5 Å². The number of anilines is 2. The standard InChI is InChI=1S/C16H21FN4O3S/c1-22-12-7-10(6-11-9-20-16(19)21-15(11)18)8-13(23-2)14(12)24-4-3-5-25-17/h7-9H,3-6H2,1-2H3,(H4,18,19,20,21). The molecule has 0 fully saturated rings. The van der Waals surface area contributed by atoms with E-state index in [4.69, 9.17) is 25.7 Å². The topological polar surface area (TPSA) is 106 Å². The van der Waals surface area contributed by atoms with Crippen molar-refractivity contribution in [2.75, 3.05) is 38.0 Å². The predicted octanol–water partition coefficient (Wildman–Crippen LogP) is 2.64. The highest BCUT2D eigenvalue weighted by atomic mass is 32.2. The monoisotopic (exact) mass is 368 g/mol. The van der Waals surface area contributed by atoms with Gasteiger partial charge in [-0.3, -0.25) is 0 Å². The van der Waals surface area contributed by atoms with Crippen molar-refractivity contribution >= 4 is 23.9 Å². The van der Waals surface area contributed by atoms with Gasteiger partial charge in [-0.1, -0.05) is 0 Å². The lowest BCUT2D eigenvalue weighted by Crippen LogP contribution is -2.05. The van der Waals surface area contributed by atoms with Crippen molar-refractivity contribution in [1.29, 1.82) is 0 Å². The molecule has 1 aromatic carbocycles. The maximum absolute atomic E-state index is 12.1. The molecule has 9 heteroatoms. The van der Waals surface area contributed by atoms with Gasteiger partial charge in [0.25, 0.3) is 0 Å². The number of hydrogen-bond donors (Lipinski definition) is 2. The Hall–Kier alpha value is -2.42. The number of nitrogens with zero attached hydrogens (tertiary/aromatic N) is 2. The molecule has 4 N–H and O–H groups in total. The van der Waals surface area contributed by atoms with Gasteiger partial charge in [-0.25, -0.2) is 4.98 Å². The van der Waals surface area contributed by atoms with Crippen LogP contribution in [0, 0.1) is 0 Å². The molecular formula is C16H21FN4O3S. The zero-order valence-electron chi connectivity index (χ0n) is 14.1. The summed E-state index contributed by atoms with van der Waals surface area (Å²) in [6.45, 7) is 0.363. The lowest BCUT2D eigenvalue weighted by atomic mass is 10.1. The van der Waals surface area contributed by atoms with Crippen molar-refractivity contribution in [2.45, 2.75) is 12.8 Å². The summed E-state index contributed by atoms with van der Waals surface area (Å²) in [4.78, 5) is 7.92. The summed E-state index contributed by atoms with van der Waals surface area (Å²) >= 11 is 0.288. The van der Waals surface area contributed by atoms with Crippen LogP contribution in [0.1, 0.15) is 17.5 Å². The molecule has 2 aromatic rings. The van der Waals surface area contributed by atoms with Crippen LogP contribution in [0.15, 0.2) is 18.3 Å².